The van der Waals surface area contributed by atoms with E-state index in [0.29, 0.717) is 13.1 Å². The van der Waals surface area contributed by atoms with Crippen LogP contribution in [-0.4, -0.2) is 53.9 Å². The molecule has 0 bridgehead atoms. The molecular weight excluding hydrogens is 288 g/mol. The van der Waals surface area contributed by atoms with E-state index in [1.807, 2.05) is 0 Å². The van der Waals surface area contributed by atoms with E-state index in [9.17, 15) is 19.7 Å². The molecule has 2 N–H and O–H groups in total. The van der Waals surface area contributed by atoms with E-state index in [1.54, 1.807) is 11.8 Å². The smallest absolute Gasteiger partial charge is 0.270 e. The zero-order valence-electron chi connectivity index (χ0n) is 12.2. The topological polar surface area (TPSA) is 105 Å². The van der Waals surface area contributed by atoms with E-state index in [-0.39, 0.29) is 17.2 Å². The molecular formula is C14H18N4O4. The van der Waals surface area contributed by atoms with Crippen molar-refractivity contribution in [3.63, 3.8) is 0 Å². The number of carbonyl (C=O) groups excluding carboxylic acids is 2. The van der Waals surface area contributed by atoms with Crippen LogP contribution in [0, 0.1) is 10.1 Å². The number of carbonyl (C=O) groups is 2. The number of nitro benzene ring substituents is 1. The Hall–Kier alpha value is -2.48. The Bertz CT molecular complexity index is 584. The lowest BCUT2D eigenvalue weighted by molar-refractivity contribution is -0.384. The van der Waals surface area contributed by atoms with Crippen LogP contribution in [0.1, 0.15) is 17.3 Å². The Balaban J connectivity index is 2.00. The van der Waals surface area contributed by atoms with Crippen LogP contribution in [0.4, 0.5) is 5.69 Å². The third-order valence-electron chi connectivity index (χ3n) is 3.47. The number of amides is 2. The molecule has 8 nitrogen and oxygen atoms in total. The van der Waals surface area contributed by atoms with Crippen LogP contribution >= 0.6 is 0 Å². The largest absolute Gasteiger partial charge is 0.341 e. The molecule has 1 fully saturated rings. The van der Waals surface area contributed by atoms with Crippen LogP contribution in [0.3, 0.4) is 0 Å². The van der Waals surface area contributed by atoms with Gasteiger partial charge in [0.15, 0.2) is 0 Å². The van der Waals surface area contributed by atoms with Crippen LogP contribution in [0.2, 0.25) is 0 Å². The van der Waals surface area contributed by atoms with Crippen molar-refractivity contribution in [1.29, 1.82) is 0 Å². The molecule has 1 aliphatic heterocycles. The van der Waals surface area contributed by atoms with Crippen molar-refractivity contribution in [2.45, 2.75) is 13.0 Å². The SMILES string of the molecule is CC(NC(=O)c1cccc([N+](=O)[O-])c1)C(=O)N1CCNCC1. The first-order valence-corrected chi connectivity index (χ1v) is 7.04. The molecule has 1 atom stereocenters. The Morgan fingerprint density at radius 1 is 1.36 bits per heavy atom. The van der Waals surface area contributed by atoms with Crippen LogP contribution in [0.25, 0.3) is 0 Å². The van der Waals surface area contributed by atoms with E-state index in [0.717, 1.165) is 13.1 Å². The second-order valence-corrected chi connectivity index (χ2v) is 5.08. The molecule has 0 saturated carbocycles. The monoisotopic (exact) mass is 306 g/mol. The zero-order valence-corrected chi connectivity index (χ0v) is 12.2. The van der Waals surface area contributed by atoms with Gasteiger partial charge >= 0.3 is 0 Å². The molecule has 1 aromatic carbocycles. The maximum atomic E-state index is 12.2. The quantitative estimate of drug-likeness (QED) is 0.608. The highest BCUT2D eigenvalue weighted by molar-refractivity contribution is 5.97. The fraction of sp³-hybridized carbons (Fsp3) is 0.429. The molecule has 8 heteroatoms. The van der Waals surface area contributed by atoms with Gasteiger partial charge in [0.2, 0.25) is 5.91 Å². The van der Waals surface area contributed by atoms with Gasteiger partial charge in [-0.15, -0.1) is 0 Å². The van der Waals surface area contributed by atoms with E-state index >= 15 is 0 Å². The standard InChI is InChI=1S/C14H18N4O4/c1-10(14(20)17-7-5-15-6-8-17)16-13(19)11-3-2-4-12(9-11)18(21)22/h2-4,9-10,15H,5-8H2,1H3,(H,16,19). The predicted molar refractivity (Wildman–Crippen MR) is 79.5 cm³/mol. The number of non-ortho nitro benzene ring substituents is 1. The maximum Gasteiger partial charge on any atom is 0.270 e. The lowest BCUT2D eigenvalue weighted by Gasteiger charge is -2.30. The normalized spacial score (nSPS) is 16.0. The summed E-state index contributed by atoms with van der Waals surface area (Å²) >= 11 is 0. The second-order valence-electron chi connectivity index (χ2n) is 5.08. The number of nitro groups is 1. The number of benzene rings is 1. The highest BCUT2D eigenvalue weighted by Gasteiger charge is 2.24. The minimum absolute atomic E-state index is 0.153. The van der Waals surface area contributed by atoms with Gasteiger partial charge in [0.25, 0.3) is 11.6 Å². The first-order valence-electron chi connectivity index (χ1n) is 7.04. The van der Waals surface area contributed by atoms with Gasteiger partial charge in [-0.2, -0.15) is 0 Å². The number of piperazine rings is 1. The molecule has 1 heterocycles. The highest BCUT2D eigenvalue weighted by Crippen LogP contribution is 2.13. The minimum atomic E-state index is -0.676. The van der Waals surface area contributed by atoms with Gasteiger partial charge < -0.3 is 15.5 Å². The van der Waals surface area contributed by atoms with Gasteiger partial charge in [-0.3, -0.25) is 19.7 Å². The van der Waals surface area contributed by atoms with E-state index in [1.165, 1.54) is 24.3 Å². The first-order chi connectivity index (χ1) is 10.5. The molecule has 1 aromatic rings. The van der Waals surface area contributed by atoms with Crippen molar-refractivity contribution >= 4 is 17.5 Å². The zero-order chi connectivity index (χ0) is 16.1. The summed E-state index contributed by atoms with van der Waals surface area (Å²) in [5.41, 5.74) is 0.00268. The van der Waals surface area contributed by atoms with Gasteiger partial charge in [0, 0.05) is 43.9 Å². The van der Waals surface area contributed by atoms with Crippen LogP contribution in [0.5, 0.6) is 0 Å². The lowest BCUT2D eigenvalue weighted by atomic mass is 10.1. The molecule has 0 aliphatic carbocycles. The molecule has 1 aliphatic rings. The molecule has 2 amide bonds. The van der Waals surface area contributed by atoms with Crippen molar-refractivity contribution in [3.05, 3.63) is 39.9 Å². The number of hydrogen-bond acceptors (Lipinski definition) is 5. The predicted octanol–water partition coefficient (Wildman–Crippen LogP) is 0.145. The van der Waals surface area contributed by atoms with E-state index in [4.69, 9.17) is 0 Å². The molecule has 1 saturated heterocycles. The molecule has 1 unspecified atom stereocenters. The molecule has 2 rings (SSSR count). The molecule has 118 valence electrons. The summed E-state index contributed by atoms with van der Waals surface area (Å²) in [5, 5.41) is 16.5. The minimum Gasteiger partial charge on any atom is -0.341 e. The average Bonchev–Trinajstić information content (AvgIpc) is 2.54. The van der Waals surface area contributed by atoms with Gasteiger partial charge in [-0.1, -0.05) is 6.07 Å². The summed E-state index contributed by atoms with van der Waals surface area (Å²) in [6.45, 7) is 4.29. The second kappa shape index (κ2) is 6.99. The average molecular weight is 306 g/mol. The summed E-state index contributed by atoms with van der Waals surface area (Å²) in [6.07, 6.45) is 0. The van der Waals surface area contributed by atoms with Crippen molar-refractivity contribution in [2.75, 3.05) is 26.2 Å². The molecule has 0 radical (unpaired) electrons. The number of hydrogen-bond donors (Lipinski definition) is 2. The fourth-order valence-electron chi connectivity index (χ4n) is 2.26. The van der Waals surface area contributed by atoms with Crippen molar-refractivity contribution in [1.82, 2.24) is 15.5 Å². The van der Waals surface area contributed by atoms with Crippen LogP contribution in [-0.2, 0) is 4.79 Å². The van der Waals surface area contributed by atoms with Crippen molar-refractivity contribution in [3.8, 4) is 0 Å². The summed E-state index contributed by atoms with van der Waals surface area (Å²) in [5.74, 6) is -0.653. The van der Waals surface area contributed by atoms with Crippen molar-refractivity contribution in [2.24, 2.45) is 0 Å². The summed E-state index contributed by atoms with van der Waals surface area (Å²) < 4.78 is 0. The first kappa shape index (κ1) is 15.9. The van der Waals surface area contributed by atoms with Gasteiger partial charge in [0.1, 0.15) is 6.04 Å². The third kappa shape index (κ3) is 3.79. The Labute approximate surface area is 127 Å². The van der Waals surface area contributed by atoms with Crippen LogP contribution < -0.4 is 10.6 Å². The van der Waals surface area contributed by atoms with Gasteiger partial charge in [-0.05, 0) is 13.0 Å². The number of rotatable bonds is 4. The lowest BCUT2D eigenvalue weighted by Crippen LogP contribution is -2.53. The molecule has 22 heavy (non-hydrogen) atoms. The highest BCUT2D eigenvalue weighted by atomic mass is 16.6. The Kier molecular flexibility index (Phi) is 5.05. The molecule has 0 spiro atoms. The van der Waals surface area contributed by atoms with Crippen molar-refractivity contribution < 1.29 is 14.5 Å². The van der Waals surface area contributed by atoms with Gasteiger partial charge in [-0.25, -0.2) is 0 Å². The van der Waals surface area contributed by atoms with Gasteiger partial charge in [0.05, 0.1) is 4.92 Å². The maximum absolute atomic E-state index is 12.2. The fourth-order valence-corrected chi connectivity index (χ4v) is 2.26. The van der Waals surface area contributed by atoms with Crippen LogP contribution in [0.15, 0.2) is 24.3 Å². The molecule has 0 aromatic heterocycles. The number of nitrogens with one attached hydrogen (secondary N) is 2. The third-order valence-corrected chi connectivity index (χ3v) is 3.47. The summed E-state index contributed by atoms with van der Waals surface area (Å²) in [6, 6.07) is 4.74. The van der Waals surface area contributed by atoms with E-state index < -0.39 is 16.9 Å². The Morgan fingerprint density at radius 2 is 2.05 bits per heavy atom. The Morgan fingerprint density at radius 3 is 2.68 bits per heavy atom. The summed E-state index contributed by atoms with van der Waals surface area (Å²) in [4.78, 5) is 36.2. The van der Waals surface area contributed by atoms with E-state index in [2.05, 4.69) is 10.6 Å². The summed E-state index contributed by atoms with van der Waals surface area (Å²) in [7, 11) is 0. The number of nitrogens with zero attached hydrogens (tertiary/aromatic N) is 2.